The highest BCUT2D eigenvalue weighted by Crippen LogP contribution is 2.33. The number of likely N-dealkylation sites (N-methyl/N-ethyl adjacent to an activating group) is 1. The van der Waals surface area contributed by atoms with Crippen LogP contribution in [0.4, 0.5) is 5.95 Å². The van der Waals surface area contributed by atoms with Crippen molar-refractivity contribution in [2.24, 2.45) is 0 Å². The Labute approximate surface area is 191 Å². The van der Waals surface area contributed by atoms with Gasteiger partial charge in [0, 0.05) is 30.0 Å². The molecule has 1 atom stereocenters. The number of benzene rings is 1. The van der Waals surface area contributed by atoms with E-state index in [1.807, 2.05) is 56.3 Å². The summed E-state index contributed by atoms with van der Waals surface area (Å²) in [6.45, 7) is 6.60. The zero-order valence-electron chi connectivity index (χ0n) is 19.1. The Balaban J connectivity index is 1.75. The van der Waals surface area contributed by atoms with Crippen molar-refractivity contribution >= 4 is 11.6 Å². The number of aromatic amines is 1. The normalized spacial score (nSPS) is 17.0. The number of fused-ring (bicyclic) bond motifs is 1. The van der Waals surface area contributed by atoms with Crippen LogP contribution in [0, 0.1) is 13.8 Å². The monoisotopic (exact) mass is 446 g/mol. The molecule has 170 valence electrons. The van der Waals surface area contributed by atoms with Gasteiger partial charge in [-0.15, -0.1) is 9.38 Å². The van der Waals surface area contributed by atoms with E-state index in [1.54, 1.807) is 4.68 Å². The number of pyridine rings is 1. The van der Waals surface area contributed by atoms with Gasteiger partial charge in [0.25, 0.3) is 0 Å². The molecule has 4 heterocycles. The third kappa shape index (κ3) is 4.01. The molecule has 0 bridgehead atoms. The van der Waals surface area contributed by atoms with Crippen molar-refractivity contribution < 1.29 is 9.14 Å². The summed E-state index contributed by atoms with van der Waals surface area (Å²) in [6, 6.07) is 13.9. The topological polar surface area (TPSA) is 106 Å². The summed E-state index contributed by atoms with van der Waals surface area (Å²) in [4.78, 5) is 24.8. The third-order valence-electron chi connectivity index (χ3n) is 5.96. The van der Waals surface area contributed by atoms with Crippen molar-refractivity contribution in [1.29, 1.82) is 0 Å². The number of aromatic nitrogens is 5. The fourth-order valence-electron chi connectivity index (χ4n) is 4.52. The summed E-state index contributed by atoms with van der Waals surface area (Å²) < 4.78 is 8.90. The van der Waals surface area contributed by atoms with E-state index >= 15 is 0 Å². The molecule has 0 unspecified atom stereocenters. The summed E-state index contributed by atoms with van der Waals surface area (Å²) in [7, 11) is 2.05. The molecule has 0 saturated carbocycles. The molecular formula is C24H28N7O2+. The van der Waals surface area contributed by atoms with E-state index in [9.17, 15) is 4.79 Å². The van der Waals surface area contributed by atoms with E-state index in [1.165, 1.54) is 4.40 Å². The second-order valence-corrected chi connectivity index (χ2v) is 8.64. The van der Waals surface area contributed by atoms with E-state index in [0.717, 1.165) is 41.2 Å². The van der Waals surface area contributed by atoms with Gasteiger partial charge < -0.3 is 15.4 Å². The number of nitrogen functional groups attached to an aromatic ring is 1. The lowest BCUT2D eigenvalue weighted by atomic mass is 9.99. The van der Waals surface area contributed by atoms with Gasteiger partial charge in [0.1, 0.15) is 12.2 Å². The van der Waals surface area contributed by atoms with E-state index in [4.69, 9.17) is 10.5 Å². The lowest BCUT2D eigenvalue weighted by Gasteiger charge is -2.29. The Morgan fingerprint density at radius 3 is 2.58 bits per heavy atom. The third-order valence-corrected chi connectivity index (χ3v) is 5.96. The molecule has 1 saturated heterocycles. The number of morpholine rings is 1. The minimum absolute atomic E-state index is 0.0910. The molecule has 0 spiro atoms. The molecule has 0 aliphatic carbocycles. The molecule has 9 heteroatoms. The number of anilines is 1. The number of nitrogens with one attached hydrogen (secondary N) is 1. The number of ether oxygens (including phenoxy) is 1. The van der Waals surface area contributed by atoms with Gasteiger partial charge in [-0.2, -0.15) is 4.68 Å². The number of aryl methyl sites for hydroxylation is 2. The van der Waals surface area contributed by atoms with Crippen LogP contribution >= 0.6 is 0 Å². The van der Waals surface area contributed by atoms with Gasteiger partial charge in [-0.25, -0.2) is 9.89 Å². The summed E-state index contributed by atoms with van der Waals surface area (Å²) in [5, 5.41) is 3.31. The fourth-order valence-corrected chi connectivity index (χ4v) is 4.52. The van der Waals surface area contributed by atoms with Crippen LogP contribution in [-0.2, 0) is 11.3 Å². The predicted molar refractivity (Wildman–Crippen MR) is 126 cm³/mol. The van der Waals surface area contributed by atoms with Crippen LogP contribution in [0.15, 0.2) is 47.3 Å². The Bertz CT molecular complexity index is 1360. The Kier molecular flexibility index (Phi) is 5.43. The van der Waals surface area contributed by atoms with E-state index in [2.05, 4.69) is 27.0 Å². The van der Waals surface area contributed by atoms with Crippen LogP contribution in [0.1, 0.15) is 11.4 Å². The molecule has 1 fully saturated rings. The van der Waals surface area contributed by atoms with Crippen LogP contribution in [0.25, 0.3) is 28.0 Å². The molecule has 9 nitrogen and oxygen atoms in total. The van der Waals surface area contributed by atoms with Crippen LogP contribution in [0.3, 0.4) is 0 Å². The fraction of sp³-hybridized carbons (Fsp3) is 0.333. The van der Waals surface area contributed by atoms with Crippen LogP contribution in [-0.4, -0.2) is 57.5 Å². The maximum absolute atomic E-state index is 13.4. The number of H-pyrrole nitrogens is 1. The molecule has 1 aliphatic heterocycles. The van der Waals surface area contributed by atoms with Crippen LogP contribution in [0.2, 0.25) is 0 Å². The van der Waals surface area contributed by atoms with Gasteiger partial charge >= 0.3 is 11.6 Å². The first kappa shape index (κ1) is 21.3. The van der Waals surface area contributed by atoms with Gasteiger partial charge in [-0.05, 0) is 38.6 Å². The minimum Gasteiger partial charge on any atom is -0.373 e. The average molecular weight is 447 g/mol. The molecule has 3 aromatic heterocycles. The van der Waals surface area contributed by atoms with Gasteiger partial charge in [0.15, 0.2) is 0 Å². The zero-order valence-corrected chi connectivity index (χ0v) is 19.1. The first-order valence-corrected chi connectivity index (χ1v) is 11.1. The molecule has 4 aromatic rings. The van der Waals surface area contributed by atoms with Gasteiger partial charge in [-0.3, -0.25) is 4.98 Å². The van der Waals surface area contributed by atoms with Crippen molar-refractivity contribution in [3.8, 4) is 22.4 Å². The van der Waals surface area contributed by atoms with E-state index in [-0.39, 0.29) is 17.7 Å². The predicted octanol–water partition coefficient (Wildman–Crippen LogP) is 1.57. The van der Waals surface area contributed by atoms with E-state index < -0.39 is 0 Å². The Morgan fingerprint density at radius 1 is 1.15 bits per heavy atom. The summed E-state index contributed by atoms with van der Waals surface area (Å²) in [5.41, 5.74) is 11.8. The number of rotatable bonds is 4. The molecule has 3 N–H and O–H groups in total. The standard InChI is InChI=1S/C24H27N7O2/c1-15-11-18(12-16(2)26-15)20-21(17-7-5-4-6-8-17)27-23(25)31-22(20)28-30(24(31)32)14-19-13-29(3)9-10-33-19/h4-8,11-12,19H,9-10,13-14H2,1-3H3,(H2,25,26,27,28)/p+1/t19-/m1/s1. The highest BCUT2D eigenvalue weighted by Gasteiger charge is 2.28. The molecule has 33 heavy (non-hydrogen) atoms. The first-order chi connectivity index (χ1) is 15.9. The van der Waals surface area contributed by atoms with Gasteiger partial charge in [0.2, 0.25) is 5.65 Å². The number of hydrogen-bond acceptors (Lipinski definition) is 6. The van der Waals surface area contributed by atoms with Crippen molar-refractivity contribution in [3.05, 3.63) is 64.3 Å². The van der Waals surface area contributed by atoms with Crippen LogP contribution in [0.5, 0.6) is 0 Å². The second-order valence-electron chi connectivity index (χ2n) is 8.64. The lowest BCUT2D eigenvalue weighted by Crippen LogP contribution is -2.47. The highest BCUT2D eigenvalue weighted by molar-refractivity contribution is 5.88. The maximum Gasteiger partial charge on any atom is 0.428 e. The average Bonchev–Trinajstić information content (AvgIpc) is 3.10. The largest absolute Gasteiger partial charge is 0.428 e. The molecular weight excluding hydrogens is 418 g/mol. The van der Waals surface area contributed by atoms with Crippen molar-refractivity contribution in [1.82, 2.24) is 24.6 Å². The van der Waals surface area contributed by atoms with E-state index in [0.29, 0.717) is 24.5 Å². The summed E-state index contributed by atoms with van der Waals surface area (Å²) in [6.07, 6.45) is -0.0910. The molecule has 0 amide bonds. The quantitative estimate of drug-likeness (QED) is 0.461. The number of hydrogen-bond donors (Lipinski definition) is 2. The minimum atomic E-state index is -0.268. The Morgan fingerprint density at radius 2 is 1.88 bits per heavy atom. The zero-order chi connectivity index (χ0) is 23.1. The van der Waals surface area contributed by atoms with Crippen molar-refractivity contribution in [2.75, 3.05) is 32.5 Å². The Hall–Kier alpha value is -3.56. The van der Waals surface area contributed by atoms with Crippen LogP contribution < -0.4 is 15.8 Å². The lowest BCUT2D eigenvalue weighted by molar-refractivity contribution is -0.516. The van der Waals surface area contributed by atoms with Crippen molar-refractivity contribution in [2.45, 2.75) is 26.5 Å². The summed E-state index contributed by atoms with van der Waals surface area (Å²) in [5.74, 6) is 0.136. The maximum atomic E-state index is 13.4. The highest BCUT2D eigenvalue weighted by atomic mass is 16.5. The van der Waals surface area contributed by atoms with Crippen molar-refractivity contribution in [3.63, 3.8) is 0 Å². The van der Waals surface area contributed by atoms with Gasteiger partial charge in [-0.1, -0.05) is 30.3 Å². The molecule has 1 aliphatic rings. The summed E-state index contributed by atoms with van der Waals surface area (Å²) >= 11 is 0. The smallest absolute Gasteiger partial charge is 0.373 e. The first-order valence-electron chi connectivity index (χ1n) is 11.1. The number of nitrogens with two attached hydrogens (primary N) is 1. The molecule has 5 rings (SSSR count). The second kappa shape index (κ2) is 8.42. The molecule has 1 aromatic carbocycles. The SMILES string of the molecule is Cc1cc(-c2c(-c3ccccc3)nc(N)[n+]3c(=O)n(C[C@H]4CN(C)CCO4)[nH]c23)cc(C)n1. The van der Waals surface area contributed by atoms with Gasteiger partial charge in [0.05, 0.1) is 18.3 Å². The molecule has 0 radical (unpaired) electrons. The number of nitrogens with zero attached hydrogens (tertiary/aromatic N) is 5.